The predicted octanol–water partition coefficient (Wildman–Crippen LogP) is 2.65. The van der Waals surface area contributed by atoms with Gasteiger partial charge in [0.05, 0.1) is 24.4 Å². The monoisotopic (exact) mass is 377 g/mol. The number of hydrogen-bond donors (Lipinski definition) is 1. The minimum Gasteiger partial charge on any atom is -0.444 e. The molecule has 7 heteroatoms. The van der Waals surface area contributed by atoms with E-state index in [1.807, 2.05) is 33.8 Å². The smallest absolute Gasteiger partial charge is 0.410 e. The maximum Gasteiger partial charge on any atom is 0.410 e. The van der Waals surface area contributed by atoms with Crippen LogP contribution in [0.2, 0.25) is 0 Å². The molecule has 1 aromatic rings. The summed E-state index contributed by atoms with van der Waals surface area (Å²) in [4.78, 5) is 21.5. The molecule has 1 N–H and O–H groups in total. The first-order valence-corrected chi connectivity index (χ1v) is 9.57. The molecule has 0 bridgehead atoms. The zero-order valence-electron chi connectivity index (χ0n) is 17.2. The molecule has 0 spiro atoms. The number of nitrogens with zero attached hydrogens (tertiary/aromatic N) is 3. The van der Waals surface area contributed by atoms with Crippen LogP contribution >= 0.6 is 0 Å². The summed E-state index contributed by atoms with van der Waals surface area (Å²) in [6, 6.07) is 2.34. The highest BCUT2D eigenvalue weighted by Gasteiger charge is 2.42. The average Bonchev–Trinajstić information content (AvgIpc) is 2.96. The van der Waals surface area contributed by atoms with E-state index in [1.165, 1.54) is 0 Å². The van der Waals surface area contributed by atoms with E-state index in [9.17, 15) is 9.90 Å². The van der Waals surface area contributed by atoms with Gasteiger partial charge < -0.3 is 24.4 Å². The summed E-state index contributed by atoms with van der Waals surface area (Å²) < 4.78 is 11.0. The number of carbonyl (C=O) groups is 1. The van der Waals surface area contributed by atoms with Crippen molar-refractivity contribution >= 4 is 11.9 Å². The van der Waals surface area contributed by atoms with Crippen LogP contribution < -0.4 is 4.90 Å². The van der Waals surface area contributed by atoms with Crippen LogP contribution in [-0.4, -0.2) is 59.0 Å². The summed E-state index contributed by atoms with van der Waals surface area (Å²) in [7, 11) is 1.64. The quantitative estimate of drug-likeness (QED) is 0.873. The Balaban J connectivity index is 1.85. The van der Waals surface area contributed by atoms with Gasteiger partial charge in [-0.15, -0.1) is 0 Å². The highest BCUT2D eigenvalue weighted by atomic mass is 16.6. The molecule has 1 aromatic heterocycles. The van der Waals surface area contributed by atoms with E-state index >= 15 is 0 Å². The van der Waals surface area contributed by atoms with E-state index in [-0.39, 0.29) is 30.9 Å². The fraction of sp³-hybridized carbons (Fsp3) is 0.700. The average molecular weight is 377 g/mol. The van der Waals surface area contributed by atoms with Crippen molar-refractivity contribution in [3.63, 3.8) is 0 Å². The van der Waals surface area contributed by atoms with E-state index in [0.717, 1.165) is 29.1 Å². The number of aliphatic hydroxyl groups is 1. The van der Waals surface area contributed by atoms with Crippen LogP contribution in [0.1, 0.15) is 57.5 Å². The van der Waals surface area contributed by atoms with Gasteiger partial charge >= 0.3 is 6.09 Å². The molecule has 2 aliphatic heterocycles. The van der Waals surface area contributed by atoms with E-state index in [1.54, 1.807) is 12.0 Å². The number of methoxy groups -OCH3 is 1. The highest BCUT2D eigenvalue weighted by Crippen LogP contribution is 2.38. The first-order chi connectivity index (χ1) is 12.6. The lowest BCUT2D eigenvalue weighted by atomic mass is 10.0. The minimum absolute atomic E-state index is 0.0619. The minimum atomic E-state index is -0.501. The van der Waals surface area contributed by atoms with Crippen molar-refractivity contribution in [2.75, 3.05) is 25.1 Å². The van der Waals surface area contributed by atoms with Crippen molar-refractivity contribution in [2.45, 2.75) is 71.4 Å². The lowest BCUT2D eigenvalue weighted by Crippen LogP contribution is -2.58. The predicted molar refractivity (Wildman–Crippen MR) is 103 cm³/mol. The summed E-state index contributed by atoms with van der Waals surface area (Å²) in [6.45, 7) is 10.8. The zero-order valence-corrected chi connectivity index (χ0v) is 17.2. The number of aromatic nitrogens is 1. The van der Waals surface area contributed by atoms with E-state index in [2.05, 4.69) is 11.8 Å². The lowest BCUT2D eigenvalue weighted by Gasteiger charge is -2.43. The summed E-state index contributed by atoms with van der Waals surface area (Å²) in [6.07, 6.45) is 0.359. The van der Waals surface area contributed by atoms with Crippen LogP contribution in [0.5, 0.6) is 0 Å². The summed E-state index contributed by atoms with van der Waals surface area (Å²) in [5.41, 5.74) is 2.20. The second-order valence-electron chi connectivity index (χ2n) is 8.55. The maximum atomic E-state index is 12.5. The summed E-state index contributed by atoms with van der Waals surface area (Å²) >= 11 is 0. The van der Waals surface area contributed by atoms with Gasteiger partial charge in [-0.2, -0.15) is 0 Å². The topological polar surface area (TPSA) is 75.1 Å². The lowest BCUT2D eigenvalue weighted by molar-refractivity contribution is 0.0191. The summed E-state index contributed by atoms with van der Waals surface area (Å²) in [5, 5.41) is 9.75. The molecule has 0 aliphatic carbocycles. The van der Waals surface area contributed by atoms with Gasteiger partial charge in [-0.05, 0) is 52.7 Å². The molecule has 0 saturated carbocycles. The van der Waals surface area contributed by atoms with Crippen LogP contribution in [0.3, 0.4) is 0 Å². The molecule has 1 amide bonds. The molecule has 150 valence electrons. The SMILES string of the molecule is COC(C)c1nc2c(cc1CO)C[C@@H]1CN(C(=O)OC(C)(C)C)C[C@@H](C)N21. The molecule has 3 rings (SSSR count). The van der Waals surface area contributed by atoms with Gasteiger partial charge in [0, 0.05) is 31.8 Å². The second-order valence-corrected chi connectivity index (χ2v) is 8.55. The van der Waals surface area contributed by atoms with Crippen molar-refractivity contribution < 1.29 is 19.4 Å². The maximum absolute atomic E-state index is 12.5. The third kappa shape index (κ3) is 3.89. The van der Waals surface area contributed by atoms with E-state index < -0.39 is 5.60 Å². The Hall–Kier alpha value is -1.86. The Morgan fingerprint density at radius 3 is 2.70 bits per heavy atom. The van der Waals surface area contributed by atoms with Gasteiger partial charge in [0.1, 0.15) is 11.4 Å². The fourth-order valence-electron chi connectivity index (χ4n) is 4.03. The van der Waals surface area contributed by atoms with Crippen LogP contribution in [0.15, 0.2) is 6.07 Å². The van der Waals surface area contributed by atoms with Crippen molar-refractivity contribution in [3.05, 3.63) is 22.9 Å². The fourth-order valence-corrected chi connectivity index (χ4v) is 4.03. The number of amides is 1. The van der Waals surface area contributed by atoms with Crippen LogP contribution in [0.25, 0.3) is 0 Å². The molecular formula is C20H31N3O4. The van der Waals surface area contributed by atoms with Crippen molar-refractivity contribution in [1.29, 1.82) is 0 Å². The standard InChI is InChI=1S/C20H31N3O4/c1-12-9-22(19(25)27-20(3,4)5)10-16-8-14-7-15(11-24)17(13(2)26-6)21-18(14)23(12)16/h7,12-13,16,24H,8-11H2,1-6H3/t12-,13?,16-/m1/s1. The Labute approximate surface area is 161 Å². The Kier molecular flexibility index (Phi) is 5.36. The van der Waals surface area contributed by atoms with Crippen LogP contribution in [-0.2, 0) is 22.5 Å². The molecule has 3 atom stereocenters. The van der Waals surface area contributed by atoms with Gasteiger partial charge in [0.25, 0.3) is 0 Å². The Bertz CT molecular complexity index is 716. The number of rotatable bonds is 3. The molecule has 1 unspecified atom stereocenters. The molecule has 0 radical (unpaired) electrons. The number of anilines is 1. The van der Waals surface area contributed by atoms with Gasteiger partial charge in [-0.25, -0.2) is 9.78 Å². The molecule has 0 aromatic carbocycles. The first-order valence-electron chi connectivity index (χ1n) is 9.57. The molecular weight excluding hydrogens is 346 g/mol. The van der Waals surface area contributed by atoms with Crippen molar-refractivity contribution in [2.24, 2.45) is 0 Å². The first kappa shape index (κ1) is 19.9. The number of aliphatic hydroxyl groups excluding tert-OH is 1. The third-order valence-electron chi connectivity index (χ3n) is 5.24. The number of piperazine rings is 1. The van der Waals surface area contributed by atoms with Gasteiger partial charge in [-0.1, -0.05) is 0 Å². The largest absolute Gasteiger partial charge is 0.444 e. The van der Waals surface area contributed by atoms with Gasteiger partial charge in [0.2, 0.25) is 0 Å². The Morgan fingerprint density at radius 1 is 1.41 bits per heavy atom. The Morgan fingerprint density at radius 2 is 2.11 bits per heavy atom. The third-order valence-corrected chi connectivity index (χ3v) is 5.24. The molecule has 27 heavy (non-hydrogen) atoms. The molecule has 7 nitrogen and oxygen atoms in total. The van der Waals surface area contributed by atoms with Crippen molar-refractivity contribution in [3.8, 4) is 0 Å². The zero-order chi connectivity index (χ0) is 19.9. The number of fused-ring (bicyclic) bond motifs is 3. The number of hydrogen-bond acceptors (Lipinski definition) is 6. The van der Waals surface area contributed by atoms with Crippen LogP contribution in [0.4, 0.5) is 10.6 Å². The molecule has 1 saturated heterocycles. The molecule has 2 aliphatic rings. The number of ether oxygens (including phenoxy) is 2. The van der Waals surface area contributed by atoms with Crippen molar-refractivity contribution in [1.82, 2.24) is 9.88 Å². The number of pyridine rings is 1. The molecule has 1 fully saturated rings. The van der Waals surface area contributed by atoms with Gasteiger partial charge in [-0.3, -0.25) is 0 Å². The van der Waals surface area contributed by atoms with Crippen LogP contribution in [0, 0.1) is 0 Å². The van der Waals surface area contributed by atoms with Gasteiger partial charge in [0.15, 0.2) is 0 Å². The highest BCUT2D eigenvalue weighted by molar-refractivity contribution is 5.69. The van der Waals surface area contributed by atoms with E-state index in [0.29, 0.717) is 13.1 Å². The number of carbonyl (C=O) groups excluding carboxylic acids is 1. The molecule has 3 heterocycles. The summed E-state index contributed by atoms with van der Waals surface area (Å²) in [5.74, 6) is 0.951. The second kappa shape index (κ2) is 7.28. The normalized spacial score (nSPS) is 23.1. The van der Waals surface area contributed by atoms with E-state index in [4.69, 9.17) is 14.5 Å².